The summed E-state index contributed by atoms with van der Waals surface area (Å²) in [5.41, 5.74) is 0. The van der Waals surface area contributed by atoms with Crippen molar-refractivity contribution in [2.75, 3.05) is 25.9 Å². The van der Waals surface area contributed by atoms with E-state index in [1.54, 1.807) is 0 Å². The molecule has 0 aromatic carbocycles. The lowest BCUT2D eigenvalue weighted by atomic mass is 9.96. The lowest BCUT2D eigenvalue weighted by molar-refractivity contribution is -0.136. The van der Waals surface area contributed by atoms with E-state index in [0.717, 1.165) is 32.1 Å². The summed E-state index contributed by atoms with van der Waals surface area (Å²) in [5, 5.41) is 0. The molecule has 6 heteroatoms. The van der Waals surface area contributed by atoms with Crippen LogP contribution in [0, 0.1) is 11.8 Å². The molecular weight excluding hydrogens is 252 g/mol. The van der Waals surface area contributed by atoms with Crippen LogP contribution in [-0.4, -0.2) is 45.1 Å². The second-order valence-electron chi connectivity index (χ2n) is 5.22. The Balaban J connectivity index is 2.48. The predicted molar refractivity (Wildman–Crippen MR) is 71.6 cm³/mol. The SMILES string of the molecule is CC[C@H](C)C(=O)N1CCC[C@@H](CNS(C)(=O)=O)C1. The Hall–Kier alpha value is -0.620. The van der Waals surface area contributed by atoms with Gasteiger partial charge in [0.05, 0.1) is 6.26 Å². The molecule has 0 aliphatic carbocycles. The maximum Gasteiger partial charge on any atom is 0.225 e. The Morgan fingerprint density at radius 3 is 2.72 bits per heavy atom. The van der Waals surface area contributed by atoms with E-state index in [4.69, 9.17) is 0 Å². The number of amides is 1. The lowest BCUT2D eigenvalue weighted by Gasteiger charge is -2.34. The van der Waals surface area contributed by atoms with Gasteiger partial charge in [0.2, 0.25) is 15.9 Å². The summed E-state index contributed by atoms with van der Waals surface area (Å²) in [6, 6.07) is 0. The number of rotatable bonds is 5. The summed E-state index contributed by atoms with van der Waals surface area (Å²) >= 11 is 0. The Morgan fingerprint density at radius 2 is 2.17 bits per heavy atom. The zero-order chi connectivity index (χ0) is 13.8. The first-order valence-electron chi connectivity index (χ1n) is 6.57. The van der Waals surface area contributed by atoms with Crippen molar-refractivity contribution in [3.05, 3.63) is 0 Å². The zero-order valence-electron chi connectivity index (χ0n) is 11.5. The maximum absolute atomic E-state index is 12.1. The number of sulfonamides is 1. The minimum Gasteiger partial charge on any atom is -0.342 e. The van der Waals surface area contributed by atoms with Gasteiger partial charge in [-0.15, -0.1) is 0 Å². The maximum atomic E-state index is 12.1. The molecule has 1 aliphatic rings. The molecule has 2 atom stereocenters. The van der Waals surface area contributed by atoms with Gasteiger partial charge in [0.15, 0.2) is 0 Å². The van der Waals surface area contributed by atoms with Gasteiger partial charge in [0, 0.05) is 25.6 Å². The number of carbonyl (C=O) groups excluding carboxylic acids is 1. The molecule has 1 saturated heterocycles. The summed E-state index contributed by atoms with van der Waals surface area (Å²) in [6.45, 7) is 5.86. The Labute approximate surface area is 110 Å². The quantitative estimate of drug-likeness (QED) is 0.808. The van der Waals surface area contributed by atoms with Crippen LogP contribution >= 0.6 is 0 Å². The molecule has 1 aliphatic heterocycles. The van der Waals surface area contributed by atoms with E-state index in [0.29, 0.717) is 13.1 Å². The van der Waals surface area contributed by atoms with Crippen LogP contribution in [0.2, 0.25) is 0 Å². The molecule has 1 heterocycles. The molecule has 0 spiro atoms. The molecule has 0 saturated carbocycles. The first-order valence-corrected chi connectivity index (χ1v) is 8.46. The average molecular weight is 276 g/mol. The number of carbonyl (C=O) groups is 1. The molecule has 1 fully saturated rings. The lowest BCUT2D eigenvalue weighted by Crippen LogP contribution is -2.45. The van der Waals surface area contributed by atoms with Gasteiger partial charge in [0.25, 0.3) is 0 Å². The number of likely N-dealkylation sites (tertiary alicyclic amines) is 1. The third-order valence-electron chi connectivity index (χ3n) is 3.50. The molecule has 0 aromatic rings. The Bertz CT molecular complexity index is 381. The van der Waals surface area contributed by atoms with E-state index >= 15 is 0 Å². The second-order valence-corrected chi connectivity index (χ2v) is 7.06. The van der Waals surface area contributed by atoms with Crippen LogP contribution in [0.5, 0.6) is 0 Å². The summed E-state index contributed by atoms with van der Waals surface area (Å²) < 4.78 is 24.6. The topological polar surface area (TPSA) is 66.5 Å². The minimum atomic E-state index is -3.14. The average Bonchev–Trinajstić information content (AvgIpc) is 2.34. The molecule has 0 radical (unpaired) electrons. The fourth-order valence-electron chi connectivity index (χ4n) is 2.19. The van der Waals surface area contributed by atoms with Gasteiger partial charge in [-0.25, -0.2) is 13.1 Å². The molecule has 1 amide bonds. The van der Waals surface area contributed by atoms with Crippen LogP contribution in [0.1, 0.15) is 33.1 Å². The standard InChI is InChI=1S/C12H24N2O3S/c1-4-10(2)12(15)14-7-5-6-11(9-14)8-13-18(3,16)17/h10-11,13H,4-9H2,1-3H3/t10-,11-/m0/s1. The van der Waals surface area contributed by atoms with Crippen molar-refractivity contribution in [3.8, 4) is 0 Å². The summed E-state index contributed by atoms with van der Waals surface area (Å²) in [4.78, 5) is 13.9. The highest BCUT2D eigenvalue weighted by Crippen LogP contribution is 2.18. The first kappa shape index (κ1) is 15.4. The van der Waals surface area contributed by atoms with Crippen molar-refractivity contribution in [3.63, 3.8) is 0 Å². The van der Waals surface area contributed by atoms with Crippen molar-refractivity contribution in [1.82, 2.24) is 9.62 Å². The molecule has 106 valence electrons. The van der Waals surface area contributed by atoms with E-state index in [9.17, 15) is 13.2 Å². The van der Waals surface area contributed by atoms with Crippen LogP contribution in [0.3, 0.4) is 0 Å². The molecule has 5 nitrogen and oxygen atoms in total. The van der Waals surface area contributed by atoms with Gasteiger partial charge in [-0.2, -0.15) is 0 Å². The predicted octanol–water partition coefficient (Wildman–Crippen LogP) is 0.820. The third kappa shape index (κ3) is 4.94. The highest BCUT2D eigenvalue weighted by atomic mass is 32.2. The Kier molecular flexibility index (Phi) is 5.59. The van der Waals surface area contributed by atoms with Gasteiger partial charge in [0.1, 0.15) is 0 Å². The van der Waals surface area contributed by atoms with Gasteiger partial charge in [-0.3, -0.25) is 4.79 Å². The third-order valence-corrected chi connectivity index (χ3v) is 4.19. The van der Waals surface area contributed by atoms with E-state index in [-0.39, 0.29) is 17.7 Å². The summed E-state index contributed by atoms with van der Waals surface area (Å²) in [7, 11) is -3.14. The van der Waals surface area contributed by atoms with Gasteiger partial charge >= 0.3 is 0 Å². The molecule has 0 bridgehead atoms. The van der Waals surface area contributed by atoms with Crippen molar-refractivity contribution in [2.24, 2.45) is 11.8 Å². The van der Waals surface area contributed by atoms with Gasteiger partial charge in [-0.1, -0.05) is 13.8 Å². The second kappa shape index (κ2) is 6.52. The number of nitrogens with zero attached hydrogens (tertiary/aromatic N) is 1. The first-order chi connectivity index (χ1) is 8.33. The van der Waals surface area contributed by atoms with Gasteiger partial charge < -0.3 is 4.90 Å². The monoisotopic (exact) mass is 276 g/mol. The highest BCUT2D eigenvalue weighted by molar-refractivity contribution is 7.88. The summed E-state index contributed by atoms with van der Waals surface area (Å²) in [6.07, 6.45) is 3.95. The van der Waals surface area contributed by atoms with Crippen LogP contribution in [0.15, 0.2) is 0 Å². The van der Waals surface area contributed by atoms with Crippen LogP contribution < -0.4 is 4.72 Å². The fourth-order valence-corrected chi connectivity index (χ4v) is 2.73. The normalized spacial score (nSPS) is 22.8. The number of nitrogens with one attached hydrogen (secondary N) is 1. The largest absolute Gasteiger partial charge is 0.342 e. The number of piperidine rings is 1. The minimum absolute atomic E-state index is 0.0617. The Morgan fingerprint density at radius 1 is 1.50 bits per heavy atom. The molecule has 0 unspecified atom stereocenters. The van der Waals surface area contributed by atoms with E-state index in [2.05, 4.69) is 4.72 Å². The summed E-state index contributed by atoms with van der Waals surface area (Å²) in [5.74, 6) is 0.495. The molecule has 1 N–H and O–H groups in total. The van der Waals surface area contributed by atoms with E-state index in [1.165, 1.54) is 0 Å². The highest BCUT2D eigenvalue weighted by Gasteiger charge is 2.26. The van der Waals surface area contributed by atoms with E-state index in [1.807, 2.05) is 18.7 Å². The van der Waals surface area contributed by atoms with Gasteiger partial charge in [-0.05, 0) is 25.2 Å². The number of hydrogen-bond acceptors (Lipinski definition) is 3. The van der Waals surface area contributed by atoms with Crippen LogP contribution in [0.25, 0.3) is 0 Å². The van der Waals surface area contributed by atoms with Crippen molar-refractivity contribution in [2.45, 2.75) is 33.1 Å². The van der Waals surface area contributed by atoms with Crippen LogP contribution in [-0.2, 0) is 14.8 Å². The molecule has 0 aromatic heterocycles. The molecule has 1 rings (SSSR count). The van der Waals surface area contributed by atoms with Crippen molar-refractivity contribution >= 4 is 15.9 Å². The van der Waals surface area contributed by atoms with Crippen LogP contribution in [0.4, 0.5) is 0 Å². The fraction of sp³-hybridized carbons (Fsp3) is 0.917. The molecule has 18 heavy (non-hydrogen) atoms. The van der Waals surface area contributed by atoms with Crippen molar-refractivity contribution < 1.29 is 13.2 Å². The van der Waals surface area contributed by atoms with E-state index < -0.39 is 10.0 Å². The number of hydrogen-bond donors (Lipinski definition) is 1. The smallest absolute Gasteiger partial charge is 0.225 e. The molecular formula is C12H24N2O3S. The van der Waals surface area contributed by atoms with Crippen molar-refractivity contribution in [1.29, 1.82) is 0 Å². The zero-order valence-corrected chi connectivity index (χ0v) is 12.3.